The summed E-state index contributed by atoms with van der Waals surface area (Å²) in [7, 11) is 0. The summed E-state index contributed by atoms with van der Waals surface area (Å²) in [5.74, 6) is 0.551. The zero-order valence-corrected chi connectivity index (χ0v) is 10.7. The van der Waals surface area contributed by atoms with Crippen molar-refractivity contribution in [1.82, 2.24) is 9.55 Å². The number of nitrogens with zero attached hydrogens (tertiary/aromatic N) is 2. The van der Waals surface area contributed by atoms with Gasteiger partial charge in [-0.2, -0.15) is 0 Å². The van der Waals surface area contributed by atoms with Crippen molar-refractivity contribution in [2.24, 2.45) is 5.92 Å². The highest BCUT2D eigenvalue weighted by molar-refractivity contribution is 5.87. The van der Waals surface area contributed by atoms with Gasteiger partial charge >= 0.3 is 5.97 Å². The number of aromatic carboxylic acids is 1. The van der Waals surface area contributed by atoms with Crippen molar-refractivity contribution in [3.63, 3.8) is 0 Å². The molecule has 1 unspecified atom stereocenters. The second-order valence-electron chi connectivity index (χ2n) is 5.34. The molecule has 1 N–H and O–H groups in total. The first-order valence-corrected chi connectivity index (χ1v) is 6.34. The normalized spacial score (nSPS) is 19.4. The molecule has 1 aromatic rings. The number of hydrogen-bond acceptors (Lipinski definition) is 2. The summed E-state index contributed by atoms with van der Waals surface area (Å²) >= 11 is 0. The van der Waals surface area contributed by atoms with Gasteiger partial charge in [-0.3, -0.25) is 0 Å². The Kier molecular flexibility index (Phi) is 3.22. The first-order chi connectivity index (χ1) is 8.00. The van der Waals surface area contributed by atoms with E-state index in [1.54, 1.807) is 0 Å². The first-order valence-electron chi connectivity index (χ1n) is 6.34. The first kappa shape index (κ1) is 12.1. The van der Waals surface area contributed by atoms with Crippen molar-refractivity contribution in [3.8, 4) is 0 Å². The van der Waals surface area contributed by atoms with Crippen LogP contribution in [-0.2, 0) is 12.8 Å². The van der Waals surface area contributed by atoms with E-state index in [0.29, 0.717) is 12.0 Å². The molecule has 0 aromatic carbocycles. The summed E-state index contributed by atoms with van der Waals surface area (Å²) in [5, 5.41) is 9.20. The van der Waals surface area contributed by atoms with Crippen LogP contribution in [0.15, 0.2) is 0 Å². The van der Waals surface area contributed by atoms with Crippen molar-refractivity contribution >= 4 is 5.97 Å². The Hall–Kier alpha value is -1.32. The van der Waals surface area contributed by atoms with Crippen LogP contribution in [-0.4, -0.2) is 20.6 Å². The smallest absolute Gasteiger partial charge is 0.356 e. The van der Waals surface area contributed by atoms with Crippen molar-refractivity contribution in [1.29, 1.82) is 0 Å². The number of carboxylic acid groups (broad SMARTS) is 1. The Morgan fingerprint density at radius 3 is 2.88 bits per heavy atom. The molecule has 0 radical (unpaired) electrons. The van der Waals surface area contributed by atoms with Crippen LogP contribution in [0, 0.1) is 5.92 Å². The van der Waals surface area contributed by atoms with Crippen LogP contribution < -0.4 is 0 Å². The van der Waals surface area contributed by atoms with E-state index in [4.69, 9.17) is 0 Å². The fraction of sp³-hybridized carbons (Fsp3) is 0.692. The number of aromatic nitrogens is 2. The lowest BCUT2D eigenvalue weighted by molar-refractivity contribution is 0.0689. The zero-order chi connectivity index (χ0) is 12.6. The molecular formula is C13H20N2O2. The molecule has 1 atom stereocenters. The highest BCUT2D eigenvalue weighted by Gasteiger charge is 2.27. The van der Waals surface area contributed by atoms with E-state index in [1.165, 1.54) is 0 Å². The van der Waals surface area contributed by atoms with E-state index in [-0.39, 0.29) is 5.69 Å². The van der Waals surface area contributed by atoms with Gasteiger partial charge in [-0.25, -0.2) is 9.78 Å². The Morgan fingerprint density at radius 1 is 1.59 bits per heavy atom. The average Bonchev–Trinajstić information content (AvgIpc) is 2.57. The minimum atomic E-state index is -0.891. The van der Waals surface area contributed by atoms with Crippen LogP contribution in [0.4, 0.5) is 0 Å². The summed E-state index contributed by atoms with van der Waals surface area (Å²) < 4.78 is 2.16. The number of carboxylic acids is 1. The molecular weight excluding hydrogens is 216 g/mol. The maximum absolute atomic E-state index is 11.2. The van der Waals surface area contributed by atoms with Gasteiger partial charge in [0, 0.05) is 12.5 Å². The summed E-state index contributed by atoms with van der Waals surface area (Å²) in [6, 6.07) is 0.382. The van der Waals surface area contributed by atoms with E-state index >= 15 is 0 Å². The van der Waals surface area contributed by atoms with Crippen LogP contribution in [0.1, 0.15) is 61.7 Å². The number of fused-ring (bicyclic) bond motifs is 1. The Bertz CT molecular complexity index is 435. The lowest BCUT2D eigenvalue weighted by Crippen LogP contribution is -2.19. The molecule has 0 amide bonds. The molecule has 1 aromatic heterocycles. The van der Waals surface area contributed by atoms with Gasteiger partial charge in [0.25, 0.3) is 0 Å². The molecule has 0 bridgehead atoms. The predicted molar refractivity (Wildman–Crippen MR) is 65.4 cm³/mol. The third-order valence-electron chi connectivity index (χ3n) is 3.35. The van der Waals surface area contributed by atoms with E-state index in [9.17, 15) is 9.90 Å². The summed E-state index contributed by atoms with van der Waals surface area (Å²) in [6.07, 6.45) is 3.88. The second kappa shape index (κ2) is 4.51. The van der Waals surface area contributed by atoms with Crippen LogP contribution >= 0.6 is 0 Å². The highest BCUT2D eigenvalue weighted by Crippen LogP contribution is 2.29. The largest absolute Gasteiger partial charge is 0.476 e. The minimum absolute atomic E-state index is 0.271. The summed E-state index contributed by atoms with van der Waals surface area (Å²) in [6.45, 7) is 6.42. The monoisotopic (exact) mass is 236 g/mol. The topological polar surface area (TPSA) is 55.1 Å². The van der Waals surface area contributed by atoms with Crippen LogP contribution in [0.3, 0.4) is 0 Å². The molecule has 4 nitrogen and oxygen atoms in total. The highest BCUT2D eigenvalue weighted by atomic mass is 16.4. The van der Waals surface area contributed by atoms with E-state index in [0.717, 1.165) is 37.2 Å². The fourth-order valence-electron chi connectivity index (χ4n) is 2.65. The van der Waals surface area contributed by atoms with Crippen molar-refractivity contribution < 1.29 is 9.90 Å². The molecule has 1 aliphatic heterocycles. The van der Waals surface area contributed by atoms with Crippen molar-refractivity contribution in [2.75, 3.05) is 0 Å². The molecule has 0 spiro atoms. The number of hydrogen-bond donors (Lipinski definition) is 1. The van der Waals surface area contributed by atoms with Gasteiger partial charge in [-0.05, 0) is 32.1 Å². The van der Waals surface area contributed by atoms with Crippen molar-refractivity contribution in [2.45, 2.75) is 52.5 Å². The molecule has 17 heavy (non-hydrogen) atoms. The summed E-state index contributed by atoms with van der Waals surface area (Å²) in [5.41, 5.74) is 1.19. The minimum Gasteiger partial charge on any atom is -0.476 e. The Labute approximate surface area is 102 Å². The Morgan fingerprint density at radius 2 is 2.29 bits per heavy atom. The molecule has 0 saturated carbocycles. The van der Waals surface area contributed by atoms with Crippen LogP contribution in [0.2, 0.25) is 0 Å². The number of imidazole rings is 1. The SMILES string of the molecule is CC(C)Cc1nc(C(=O)O)c2n1C(C)CCC2. The average molecular weight is 236 g/mol. The lowest BCUT2D eigenvalue weighted by Gasteiger charge is -2.24. The maximum atomic E-state index is 11.2. The molecule has 0 fully saturated rings. The number of rotatable bonds is 3. The van der Waals surface area contributed by atoms with Gasteiger partial charge < -0.3 is 9.67 Å². The molecule has 94 valence electrons. The Balaban J connectivity index is 2.49. The molecule has 4 heteroatoms. The quantitative estimate of drug-likeness (QED) is 0.877. The van der Waals surface area contributed by atoms with Crippen LogP contribution in [0.5, 0.6) is 0 Å². The van der Waals surface area contributed by atoms with Gasteiger partial charge in [0.05, 0.1) is 5.69 Å². The lowest BCUT2D eigenvalue weighted by atomic mass is 10.0. The van der Waals surface area contributed by atoms with E-state index < -0.39 is 5.97 Å². The van der Waals surface area contributed by atoms with Gasteiger partial charge in [-0.15, -0.1) is 0 Å². The van der Waals surface area contributed by atoms with Gasteiger partial charge in [-0.1, -0.05) is 13.8 Å². The zero-order valence-electron chi connectivity index (χ0n) is 10.7. The number of carbonyl (C=O) groups is 1. The molecule has 1 aliphatic rings. The maximum Gasteiger partial charge on any atom is 0.356 e. The molecule has 2 heterocycles. The van der Waals surface area contributed by atoms with Crippen molar-refractivity contribution in [3.05, 3.63) is 17.2 Å². The predicted octanol–water partition coefficient (Wildman–Crippen LogP) is 2.68. The third kappa shape index (κ3) is 2.21. The molecule has 0 saturated heterocycles. The van der Waals surface area contributed by atoms with E-state index in [2.05, 4.69) is 30.3 Å². The molecule has 0 aliphatic carbocycles. The van der Waals surface area contributed by atoms with E-state index in [1.807, 2.05) is 0 Å². The van der Waals surface area contributed by atoms with Gasteiger partial charge in [0.15, 0.2) is 5.69 Å². The van der Waals surface area contributed by atoms with Gasteiger partial charge in [0.2, 0.25) is 0 Å². The summed E-state index contributed by atoms with van der Waals surface area (Å²) in [4.78, 5) is 15.5. The second-order valence-corrected chi connectivity index (χ2v) is 5.34. The van der Waals surface area contributed by atoms with Crippen LogP contribution in [0.25, 0.3) is 0 Å². The third-order valence-corrected chi connectivity index (χ3v) is 3.35. The fourth-order valence-corrected chi connectivity index (χ4v) is 2.65. The van der Waals surface area contributed by atoms with Gasteiger partial charge in [0.1, 0.15) is 5.82 Å². The standard InChI is InChI=1S/C13H20N2O2/c1-8(2)7-11-14-12(13(16)17)10-6-4-5-9(3)15(10)11/h8-9H,4-7H2,1-3H3,(H,16,17). The molecule has 2 rings (SSSR count).